The van der Waals surface area contributed by atoms with Crippen molar-refractivity contribution in [1.82, 2.24) is 0 Å². The van der Waals surface area contributed by atoms with Crippen LogP contribution in [0.3, 0.4) is 0 Å². The normalized spacial score (nSPS) is 10.1. The van der Waals surface area contributed by atoms with Crippen LogP contribution in [0.2, 0.25) is 0 Å². The number of benzene rings is 1. The van der Waals surface area contributed by atoms with Gasteiger partial charge in [-0.15, -0.1) is 0 Å². The van der Waals surface area contributed by atoms with Crippen LogP contribution in [0, 0.1) is 0 Å². The standard InChI is InChI=1S/C10H12N2O2/c1-8(13)7-11-12-9-4-3-5-10(6-9)14-2/h3-7,12H,1-2H3. The number of hydrogen-bond acceptors (Lipinski definition) is 4. The zero-order valence-electron chi connectivity index (χ0n) is 8.15. The van der Waals surface area contributed by atoms with Crippen LogP contribution in [-0.4, -0.2) is 19.1 Å². The number of carbonyl (C=O) groups excluding carboxylic acids is 1. The Hall–Kier alpha value is -1.84. The summed E-state index contributed by atoms with van der Waals surface area (Å²) in [5.41, 5.74) is 3.50. The van der Waals surface area contributed by atoms with Gasteiger partial charge in [-0.1, -0.05) is 6.07 Å². The van der Waals surface area contributed by atoms with Crippen LogP contribution in [0.4, 0.5) is 5.69 Å². The van der Waals surface area contributed by atoms with E-state index in [9.17, 15) is 4.79 Å². The van der Waals surface area contributed by atoms with Crippen molar-refractivity contribution in [3.63, 3.8) is 0 Å². The van der Waals surface area contributed by atoms with E-state index in [4.69, 9.17) is 4.74 Å². The summed E-state index contributed by atoms with van der Waals surface area (Å²) in [5.74, 6) is 0.647. The Kier molecular flexibility index (Phi) is 3.67. The summed E-state index contributed by atoms with van der Waals surface area (Å²) in [7, 11) is 1.60. The second-order valence-corrected chi connectivity index (χ2v) is 2.71. The fraction of sp³-hybridized carbons (Fsp3) is 0.200. The lowest BCUT2D eigenvalue weighted by atomic mass is 10.3. The van der Waals surface area contributed by atoms with Crippen LogP contribution in [0.25, 0.3) is 0 Å². The van der Waals surface area contributed by atoms with Crippen LogP contribution in [0.5, 0.6) is 5.75 Å². The maximum Gasteiger partial charge on any atom is 0.172 e. The van der Waals surface area contributed by atoms with Crippen LogP contribution < -0.4 is 10.2 Å². The molecule has 0 spiro atoms. The number of methoxy groups -OCH3 is 1. The topological polar surface area (TPSA) is 50.7 Å². The highest BCUT2D eigenvalue weighted by atomic mass is 16.5. The predicted molar refractivity (Wildman–Crippen MR) is 55.8 cm³/mol. The first-order chi connectivity index (χ1) is 6.72. The van der Waals surface area contributed by atoms with Crippen LogP contribution in [0.1, 0.15) is 6.92 Å². The van der Waals surface area contributed by atoms with E-state index in [-0.39, 0.29) is 5.78 Å². The van der Waals surface area contributed by atoms with Crippen molar-refractivity contribution in [3.8, 4) is 5.75 Å². The summed E-state index contributed by atoms with van der Waals surface area (Å²) in [6, 6.07) is 7.29. The molecule has 0 radical (unpaired) electrons. The number of hydrazone groups is 1. The molecule has 4 heteroatoms. The molecule has 0 saturated heterocycles. The third-order valence-electron chi connectivity index (χ3n) is 1.51. The maximum atomic E-state index is 10.5. The summed E-state index contributed by atoms with van der Waals surface area (Å²) in [6.07, 6.45) is 1.22. The Morgan fingerprint density at radius 2 is 2.36 bits per heavy atom. The second kappa shape index (κ2) is 5.01. The molecule has 0 amide bonds. The van der Waals surface area contributed by atoms with E-state index in [0.29, 0.717) is 0 Å². The van der Waals surface area contributed by atoms with E-state index in [1.807, 2.05) is 18.2 Å². The van der Waals surface area contributed by atoms with Gasteiger partial charge in [-0.05, 0) is 12.1 Å². The number of rotatable bonds is 4. The van der Waals surface area contributed by atoms with Gasteiger partial charge in [-0.3, -0.25) is 10.2 Å². The van der Waals surface area contributed by atoms with Gasteiger partial charge in [0, 0.05) is 13.0 Å². The van der Waals surface area contributed by atoms with Crippen molar-refractivity contribution in [1.29, 1.82) is 0 Å². The minimum atomic E-state index is -0.0969. The van der Waals surface area contributed by atoms with E-state index in [1.165, 1.54) is 13.1 Å². The molecule has 14 heavy (non-hydrogen) atoms. The molecule has 0 aliphatic carbocycles. The van der Waals surface area contributed by atoms with Crippen molar-refractivity contribution >= 4 is 17.7 Å². The molecule has 0 heterocycles. The van der Waals surface area contributed by atoms with Gasteiger partial charge in [0.05, 0.1) is 19.0 Å². The van der Waals surface area contributed by atoms with Crippen molar-refractivity contribution < 1.29 is 9.53 Å². The van der Waals surface area contributed by atoms with Crippen molar-refractivity contribution in [2.75, 3.05) is 12.5 Å². The van der Waals surface area contributed by atoms with Gasteiger partial charge in [-0.2, -0.15) is 5.10 Å². The molecule has 0 aliphatic heterocycles. The summed E-state index contributed by atoms with van der Waals surface area (Å²) >= 11 is 0. The summed E-state index contributed by atoms with van der Waals surface area (Å²) in [4.78, 5) is 10.5. The van der Waals surface area contributed by atoms with Gasteiger partial charge < -0.3 is 4.74 Å². The fourth-order valence-electron chi connectivity index (χ4n) is 0.890. The average molecular weight is 192 g/mol. The zero-order valence-corrected chi connectivity index (χ0v) is 8.15. The molecule has 0 saturated carbocycles. The molecule has 0 atom stereocenters. The number of ketones is 1. The first-order valence-electron chi connectivity index (χ1n) is 4.16. The van der Waals surface area contributed by atoms with Crippen molar-refractivity contribution in [2.24, 2.45) is 5.10 Å². The number of Topliss-reactive ketones (excluding diaryl/α,β-unsaturated/α-hetero) is 1. The molecule has 0 unspecified atom stereocenters. The number of carbonyl (C=O) groups is 1. The number of nitrogens with one attached hydrogen (secondary N) is 1. The van der Waals surface area contributed by atoms with Crippen molar-refractivity contribution in [2.45, 2.75) is 6.92 Å². The summed E-state index contributed by atoms with van der Waals surface area (Å²) < 4.78 is 5.02. The molecular weight excluding hydrogens is 180 g/mol. The molecule has 0 fully saturated rings. The second-order valence-electron chi connectivity index (χ2n) is 2.71. The van der Waals surface area contributed by atoms with Crippen LogP contribution in [0.15, 0.2) is 29.4 Å². The Labute approximate surface area is 82.6 Å². The monoisotopic (exact) mass is 192 g/mol. The largest absolute Gasteiger partial charge is 0.497 e. The number of nitrogens with zero attached hydrogens (tertiary/aromatic N) is 1. The molecule has 0 bridgehead atoms. The minimum absolute atomic E-state index is 0.0969. The smallest absolute Gasteiger partial charge is 0.172 e. The van der Waals surface area contributed by atoms with E-state index < -0.39 is 0 Å². The lowest BCUT2D eigenvalue weighted by Crippen LogP contribution is -1.95. The Morgan fingerprint density at radius 3 is 3.00 bits per heavy atom. The minimum Gasteiger partial charge on any atom is -0.497 e. The van der Waals surface area contributed by atoms with Gasteiger partial charge in [0.25, 0.3) is 0 Å². The van der Waals surface area contributed by atoms with E-state index in [1.54, 1.807) is 13.2 Å². The van der Waals surface area contributed by atoms with Gasteiger partial charge in [0.1, 0.15) is 5.75 Å². The molecule has 4 nitrogen and oxygen atoms in total. The van der Waals surface area contributed by atoms with Crippen molar-refractivity contribution in [3.05, 3.63) is 24.3 Å². The number of anilines is 1. The molecule has 74 valence electrons. The first kappa shape index (κ1) is 10.2. The number of ether oxygens (including phenoxy) is 1. The summed E-state index contributed by atoms with van der Waals surface area (Å²) in [5, 5.41) is 3.74. The Balaban J connectivity index is 2.63. The molecule has 1 N–H and O–H groups in total. The quantitative estimate of drug-likeness (QED) is 0.583. The lowest BCUT2D eigenvalue weighted by molar-refractivity contribution is -0.110. The highest BCUT2D eigenvalue weighted by Gasteiger charge is 1.92. The third kappa shape index (κ3) is 3.26. The Bertz CT molecular complexity index is 348. The lowest BCUT2D eigenvalue weighted by Gasteiger charge is -2.02. The number of hydrogen-bond donors (Lipinski definition) is 1. The van der Waals surface area contributed by atoms with Gasteiger partial charge >= 0.3 is 0 Å². The highest BCUT2D eigenvalue weighted by Crippen LogP contribution is 2.16. The zero-order chi connectivity index (χ0) is 10.4. The third-order valence-corrected chi connectivity index (χ3v) is 1.51. The highest BCUT2D eigenvalue weighted by molar-refractivity contribution is 6.26. The predicted octanol–water partition coefficient (Wildman–Crippen LogP) is 1.68. The molecule has 1 rings (SSSR count). The van der Waals surface area contributed by atoms with Gasteiger partial charge in [0.2, 0.25) is 0 Å². The van der Waals surface area contributed by atoms with Gasteiger partial charge in [0.15, 0.2) is 5.78 Å². The SMILES string of the molecule is COc1cccc(NN=CC(C)=O)c1. The van der Waals surface area contributed by atoms with E-state index >= 15 is 0 Å². The fourth-order valence-corrected chi connectivity index (χ4v) is 0.890. The van der Waals surface area contributed by atoms with Crippen LogP contribution in [-0.2, 0) is 4.79 Å². The molecule has 0 aliphatic rings. The van der Waals surface area contributed by atoms with E-state index in [2.05, 4.69) is 10.5 Å². The van der Waals surface area contributed by atoms with E-state index in [0.717, 1.165) is 11.4 Å². The summed E-state index contributed by atoms with van der Waals surface area (Å²) in [6.45, 7) is 1.44. The molecular formula is C10H12N2O2. The Morgan fingerprint density at radius 1 is 1.57 bits per heavy atom. The first-order valence-corrected chi connectivity index (χ1v) is 4.16. The average Bonchev–Trinajstić information content (AvgIpc) is 2.18. The maximum absolute atomic E-state index is 10.5. The molecule has 0 aromatic heterocycles. The van der Waals surface area contributed by atoms with Crippen LogP contribution >= 0.6 is 0 Å². The molecule has 1 aromatic rings. The van der Waals surface area contributed by atoms with Gasteiger partial charge in [-0.25, -0.2) is 0 Å². The molecule has 1 aromatic carbocycles.